The average molecular weight is 261 g/mol. The van der Waals surface area contributed by atoms with E-state index in [0.717, 1.165) is 12.8 Å². The largest absolute Gasteiger partial charge is 0.395 e. The number of nitriles is 1. The molecule has 0 saturated heterocycles. The monoisotopic (exact) mass is 261 g/mol. The van der Waals surface area contributed by atoms with Gasteiger partial charge in [-0.3, -0.25) is 4.79 Å². The highest BCUT2D eigenvalue weighted by molar-refractivity contribution is 5.92. The normalized spacial score (nSPS) is 10.0. The Hall–Kier alpha value is -1.93. The first kappa shape index (κ1) is 15.1. The Kier molecular flexibility index (Phi) is 5.97. The van der Waals surface area contributed by atoms with E-state index < -0.39 is 0 Å². The number of unbranched alkanes of at least 4 members (excludes halogenated alkanes) is 1. The van der Waals surface area contributed by atoms with E-state index in [1.807, 2.05) is 13.0 Å². The molecule has 19 heavy (non-hydrogen) atoms. The second-order valence-electron chi connectivity index (χ2n) is 4.31. The molecule has 1 amide bonds. The zero-order valence-electron chi connectivity index (χ0n) is 11.4. The number of pyridine rings is 1. The van der Waals surface area contributed by atoms with Crippen molar-refractivity contribution in [2.45, 2.75) is 26.7 Å². The third-order valence-corrected chi connectivity index (χ3v) is 2.86. The highest BCUT2D eigenvalue weighted by atomic mass is 16.3. The van der Waals surface area contributed by atoms with Crippen LogP contribution in [0.25, 0.3) is 0 Å². The highest BCUT2D eigenvalue weighted by Gasteiger charge is 2.16. The van der Waals surface area contributed by atoms with Crippen LogP contribution in [0, 0.1) is 18.3 Å². The van der Waals surface area contributed by atoms with E-state index in [1.54, 1.807) is 24.0 Å². The van der Waals surface area contributed by atoms with Crippen molar-refractivity contribution in [3.8, 4) is 6.07 Å². The predicted molar refractivity (Wildman–Crippen MR) is 71.6 cm³/mol. The molecule has 0 unspecified atom stereocenters. The van der Waals surface area contributed by atoms with E-state index in [0.29, 0.717) is 30.0 Å². The molecule has 1 aromatic rings. The number of amides is 1. The second-order valence-corrected chi connectivity index (χ2v) is 4.31. The minimum absolute atomic E-state index is 0.0648. The third kappa shape index (κ3) is 4.04. The van der Waals surface area contributed by atoms with Gasteiger partial charge in [-0.2, -0.15) is 5.26 Å². The quantitative estimate of drug-likeness (QED) is 0.841. The minimum atomic E-state index is -0.199. The first-order valence-electron chi connectivity index (χ1n) is 6.42. The molecule has 5 heteroatoms. The van der Waals surface area contributed by atoms with Crippen LogP contribution >= 0.6 is 0 Å². The number of aryl methyl sites for hydroxylation is 1. The average Bonchev–Trinajstić information content (AvgIpc) is 2.42. The van der Waals surface area contributed by atoms with Crippen molar-refractivity contribution in [1.82, 2.24) is 9.88 Å². The van der Waals surface area contributed by atoms with Crippen molar-refractivity contribution in [1.29, 1.82) is 5.26 Å². The molecule has 1 rings (SSSR count). The van der Waals surface area contributed by atoms with Gasteiger partial charge in [0.2, 0.25) is 0 Å². The predicted octanol–water partition coefficient (Wildman–Crippen LogP) is 1.50. The maximum Gasteiger partial charge on any atom is 0.272 e. The summed E-state index contributed by atoms with van der Waals surface area (Å²) in [5, 5.41) is 17.9. The molecule has 1 heterocycles. The second kappa shape index (κ2) is 7.49. The molecular formula is C14H19N3O2. The van der Waals surface area contributed by atoms with Crippen molar-refractivity contribution < 1.29 is 9.90 Å². The van der Waals surface area contributed by atoms with E-state index >= 15 is 0 Å². The molecular weight excluding hydrogens is 242 g/mol. The smallest absolute Gasteiger partial charge is 0.272 e. The SMILES string of the molecule is CCCCN(CCO)C(=O)c1ccc(C#N)c(C)n1. The number of nitrogens with zero attached hydrogens (tertiary/aromatic N) is 3. The van der Waals surface area contributed by atoms with Gasteiger partial charge in [0, 0.05) is 13.1 Å². The van der Waals surface area contributed by atoms with E-state index in [9.17, 15) is 4.79 Å². The fourth-order valence-corrected chi connectivity index (χ4v) is 1.74. The maximum atomic E-state index is 12.3. The number of aliphatic hydroxyl groups excluding tert-OH is 1. The molecule has 1 N–H and O–H groups in total. The molecule has 102 valence electrons. The van der Waals surface area contributed by atoms with E-state index in [1.165, 1.54) is 0 Å². The van der Waals surface area contributed by atoms with Gasteiger partial charge in [-0.25, -0.2) is 4.98 Å². The molecule has 0 aliphatic heterocycles. The van der Waals surface area contributed by atoms with Gasteiger partial charge in [0.15, 0.2) is 0 Å². The molecule has 5 nitrogen and oxygen atoms in total. The van der Waals surface area contributed by atoms with E-state index in [2.05, 4.69) is 4.98 Å². The first-order chi connectivity index (χ1) is 9.13. The summed E-state index contributed by atoms with van der Waals surface area (Å²) >= 11 is 0. The summed E-state index contributed by atoms with van der Waals surface area (Å²) in [6, 6.07) is 5.19. The number of carbonyl (C=O) groups is 1. The summed E-state index contributed by atoms with van der Waals surface area (Å²) in [6.45, 7) is 4.60. The third-order valence-electron chi connectivity index (χ3n) is 2.86. The Morgan fingerprint density at radius 3 is 2.74 bits per heavy atom. The zero-order valence-corrected chi connectivity index (χ0v) is 11.4. The van der Waals surface area contributed by atoms with Crippen LogP contribution in [0.2, 0.25) is 0 Å². The molecule has 0 atom stereocenters. The number of carbonyl (C=O) groups excluding carboxylic acids is 1. The molecule has 0 saturated carbocycles. The van der Waals surface area contributed by atoms with Gasteiger partial charge in [0.25, 0.3) is 5.91 Å². The Morgan fingerprint density at radius 2 is 2.21 bits per heavy atom. The Bertz CT molecular complexity index is 480. The van der Waals surface area contributed by atoms with E-state index in [4.69, 9.17) is 10.4 Å². The lowest BCUT2D eigenvalue weighted by atomic mass is 10.2. The minimum Gasteiger partial charge on any atom is -0.395 e. The van der Waals surface area contributed by atoms with Crippen LogP contribution < -0.4 is 0 Å². The summed E-state index contributed by atoms with van der Waals surface area (Å²) in [6.07, 6.45) is 1.87. The summed E-state index contributed by atoms with van der Waals surface area (Å²) in [5.41, 5.74) is 1.34. The topological polar surface area (TPSA) is 77.2 Å². The molecule has 0 aliphatic carbocycles. The van der Waals surface area contributed by atoms with Crippen LogP contribution in [0.4, 0.5) is 0 Å². The van der Waals surface area contributed by atoms with Crippen LogP contribution in [0.1, 0.15) is 41.5 Å². The van der Waals surface area contributed by atoms with Gasteiger partial charge in [-0.15, -0.1) is 0 Å². The fourth-order valence-electron chi connectivity index (χ4n) is 1.74. The fraction of sp³-hybridized carbons (Fsp3) is 0.500. The van der Waals surface area contributed by atoms with Crippen molar-refractivity contribution >= 4 is 5.91 Å². The summed E-state index contributed by atoms with van der Waals surface area (Å²) in [4.78, 5) is 18.0. The van der Waals surface area contributed by atoms with Crippen molar-refractivity contribution in [3.05, 3.63) is 29.1 Å². The standard InChI is InChI=1S/C14H19N3O2/c1-3-4-7-17(8-9-18)14(19)13-6-5-12(10-15)11(2)16-13/h5-6,18H,3-4,7-9H2,1-2H3. The zero-order chi connectivity index (χ0) is 14.3. The van der Waals surface area contributed by atoms with Gasteiger partial charge in [-0.1, -0.05) is 13.3 Å². The van der Waals surface area contributed by atoms with Crippen LogP contribution in [0.5, 0.6) is 0 Å². The van der Waals surface area contributed by atoms with Gasteiger partial charge < -0.3 is 10.0 Å². The number of aliphatic hydroxyl groups is 1. The molecule has 0 radical (unpaired) electrons. The van der Waals surface area contributed by atoms with Crippen LogP contribution in [0.15, 0.2) is 12.1 Å². The summed E-state index contributed by atoms with van der Waals surface area (Å²) in [7, 11) is 0. The lowest BCUT2D eigenvalue weighted by Gasteiger charge is -2.21. The Balaban J connectivity index is 2.90. The summed E-state index contributed by atoms with van der Waals surface area (Å²) < 4.78 is 0. The molecule has 1 aromatic heterocycles. The summed E-state index contributed by atoms with van der Waals surface area (Å²) in [5.74, 6) is -0.199. The molecule has 0 aliphatic rings. The Morgan fingerprint density at radius 1 is 1.47 bits per heavy atom. The maximum absolute atomic E-state index is 12.3. The lowest BCUT2D eigenvalue weighted by Crippen LogP contribution is -2.35. The Labute approximate surface area is 113 Å². The van der Waals surface area contributed by atoms with Gasteiger partial charge in [0.05, 0.1) is 17.9 Å². The van der Waals surface area contributed by atoms with Crippen molar-refractivity contribution in [3.63, 3.8) is 0 Å². The number of rotatable bonds is 6. The molecule has 0 bridgehead atoms. The number of hydrogen-bond donors (Lipinski definition) is 1. The van der Waals surface area contributed by atoms with Crippen molar-refractivity contribution in [2.75, 3.05) is 19.7 Å². The van der Waals surface area contributed by atoms with Crippen molar-refractivity contribution in [2.24, 2.45) is 0 Å². The molecule has 0 aromatic carbocycles. The van der Waals surface area contributed by atoms with Crippen LogP contribution in [0.3, 0.4) is 0 Å². The van der Waals surface area contributed by atoms with Crippen LogP contribution in [-0.2, 0) is 0 Å². The molecule has 0 fully saturated rings. The van der Waals surface area contributed by atoms with E-state index in [-0.39, 0.29) is 12.5 Å². The number of hydrogen-bond acceptors (Lipinski definition) is 4. The lowest BCUT2D eigenvalue weighted by molar-refractivity contribution is 0.0713. The van der Waals surface area contributed by atoms with Gasteiger partial charge >= 0.3 is 0 Å². The first-order valence-corrected chi connectivity index (χ1v) is 6.42. The number of aromatic nitrogens is 1. The van der Waals surface area contributed by atoms with Crippen LogP contribution in [-0.4, -0.2) is 40.6 Å². The van der Waals surface area contributed by atoms with Gasteiger partial charge in [0.1, 0.15) is 11.8 Å². The van der Waals surface area contributed by atoms with Gasteiger partial charge in [-0.05, 0) is 25.5 Å². The molecule has 0 spiro atoms. The highest BCUT2D eigenvalue weighted by Crippen LogP contribution is 2.09.